The van der Waals surface area contributed by atoms with Gasteiger partial charge in [0.05, 0.1) is 6.33 Å². The van der Waals surface area contributed by atoms with Crippen molar-refractivity contribution < 1.29 is 9.50 Å². The highest BCUT2D eigenvalue weighted by atomic mass is 32.2. The minimum atomic E-state index is -0.178. The lowest BCUT2D eigenvalue weighted by molar-refractivity contribution is 0.234. The maximum atomic E-state index is 11.9. The van der Waals surface area contributed by atoms with Gasteiger partial charge in [-0.25, -0.2) is 13.7 Å². The van der Waals surface area contributed by atoms with Crippen LogP contribution in [0.3, 0.4) is 0 Å². The first-order valence-electron chi connectivity index (χ1n) is 6.89. The normalized spacial score (nSPS) is 18.3. The smallest absolute Gasteiger partial charge is 0.129 e. The summed E-state index contributed by atoms with van der Waals surface area (Å²) < 4.78 is 16.1. The molecule has 0 spiro atoms. The van der Waals surface area contributed by atoms with E-state index in [2.05, 4.69) is 9.29 Å². The van der Waals surface area contributed by atoms with Crippen LogP contribution < -0.4 is 0 Å². The summed E-state index contributed by atoms with van der Waals surface area (Å²) in [6.45, 7) is 2.32. The molecule has 2 aromatic rings. The fourth-order valence-corrected chi connectivity index (χ4v) is 3.07. The van der Waals surface area contributed by atoms with Crippen LogP contribution in [0.4, 0.5) is 4.39 Å². The standard InChI is InChI=1S/C9H15N3OS.C6H5F/c1-11-5-9(10-7-11)14-12-3-2-8(4-12)6-13;7-6-4-2-1-3-5-6/h5,7-8,13H,2-4,6H2,1H3;1-5H. The predicted octanol–water partition coefficient (Wildman–Crippen LogP) is 2.57. The first kappa shape index (κ1) is 16.0. The third-order valence-electron chi connectivity index (χ3n) is 3.14. The molecule has 1 unspecified atom stereocenters. The second kappa shape index (κ2) is 8.17. The number of aliphatic hydroxyl groups excluding tert-OH is 1. The molecule has 3 rings (SSSR count). The molecule has 0 amide bonds. The van der Waals surface area contributed by atoms with Gasteiger partial charge in [0.15, 0.2) is 0 Å². The second-order valence-corrected chi connectivity index (χ2v) is 6.11. The van der Waals surface area contributed by atoms with Gasteiger partial charge in [-0.05, 0) is 36.4 Å². The fourth-order valence-electron chi connectivity index (χ4n) is 2.01. The molecular formula is C15H20FN3OS. The van der Waals surface area contributed by atoms with Gasteiger partial charge in [-0.2, -0.15) is 0 Å². The number of rotatable bonds is 3. The van der Waals surface area contributed by atoms with E-state index in [1.807, 2.05) is 24.1 Å². The van der Waals surface area contributed by atoms with E-state index in [0.717, 1.165) is 24.5 Å². The van der Waals surface area contributed by atoms with Crippen LogP contribution in [0.2, 0.25) is 0 Å². The van der Waals surface area contributed by atoms with E-state index in [1.165, 1.54) is 12.1 Å². The maximum absolute atomic E-state index is 11.9. The summed E-state index contributed by atoms with van der Waals surface area (Å²) >= 11 is 1.68. The summed E-state index contributed by atoms with van der Waals surface area (Å²) in [4.78, 5) is 4.25. The molecule has 1 aromatic heterocycles. The lowest BCUT2D eigenvalue weighted by atomic mass is 10.1. The topological polar surface area (TPSA) is 41.3 Å². The third kappa shape index (κ3) is 5.49. The van der Waals surface area contributed by atoms with Crippen LogP contribution in [0.25, 0.3) is 0 Å². The Bertz CT molecular complexity index is 535. The lowest BCUT2D eigenvalue weighted by Crippen LogP contribution is -2.13. The predicted molar refractivity (Wildman–Crippen MR) is 82.2 cm³/mol. The second-order valence-electron chi connectivity index (χ2n) is 4.99. The zero-order valence-electron chi connectivity index (χ0n) is 12.0. The van der Waals surface area contributed by atoms with Crippen LogP contribution in [0.5, 0.6) is 0 Å². The van der Waals surface area contributed by atoms with E-state index in [-0.39, 0.29) is 5.82 Å². The van der Waals surface area contributed by atoms with Crippen molar-refractivity contribution in [3.05, 3.63) is 48.7 Å². The molecule has 0 bridgehead atoms. The van der Waals surface area contributed by atoms with Gasteiger partial charge in [-0.1, -0.05) is 18.2 Å². The monoisotopic (exact) mass is 309 g/mol. The molecule has 4 nitrogen and oxygen atoms in total. The van der Waals surface area contributed by atoms with Gasteiger partial charge in [0.25, 0.3) is 0 Å². The number of hydrogen-bond donors (Lipinski definition) is 1. The van der Waals surface area contributed by atoms with Crippen molar-refractivity contribution in [2.24, 2.45) is 13.0 Å². The van der Waals surface area contributed by atoms with Crippen LogP contribution in [-0.4, -0.2) is 38.7 Å². The van der Waals surface area contributed by atoms with E-state index >= 15 is 0 Å². The van der Waals surface area contributed by atoms with Gasteiger partial charge in [0.2, 0.25) is 0 Å². The first-order valence-corrected chi connectivity index (χ1v) is 7.67. The van der Waals surface area contributed by atoms with Gasteiger partial charge in [-0.3, -0.25) is 0 Å². The van der Waals surface area contributed by atoms with Gasteiger partial charge < -0.3 is 9.67 Å². The molecule has 21 heavy (non-hydrogen) atoms. The van der Waals surface area contributed by atoms with Crippen LogP contribution in [-0.2, 0) is 7.05 Å². The summed E-state index contributed by atoms with van der Waals surface area (Å²) in [5, 5.41) is 10.0. The van der Waals surface area contributed by atoms with Gasteiger partial charge >= 0.3 is 0 Å². The summed E-state index contributed by atoms with van der Waals surface area (Å²) in [5.41, 5.74) is 0. The summed E-state index contributed by atoms with van der Waals surface area (Å²) in [5.74, 6) is 0.272. The minimum absolute atomic E-state index is 0.178. The maximum Gasteiger partial charge on any atom is 0.129 e. The number of imidazole rings is 1. The Morgan fingerprint density at radius 3 is 2.62 bits per heavy atom. The fraction of sp³-hybridized carbons (Fsp3) is 0.400. The molecule has 0 aliphatic carbocycles. The number of halogens is 1. The molecule has 2 heterocycles. The zero-order chi connectivity index (χ0) is 15.1. The SMILES string of the molecule is Cn1cnc(SN2CCC(CO)C2)c1.Fc1ccccc1. The van der Waals surface area contributed by atoms with Crippen LogP contribution in [0.15, 0.2) is 47.9 Å². The number of aliphatic hydroxyl groups is 1. The Kier molecular flexibility index (Phi) is 6.22. The van der Waals surface area contributed by atoms with E-state index in [1.54, 1.807) is 30.1 Å². The Morgan fingerprint density at radius 1 is 1.38 bits per heavy atom. The summed E-state index contributed by atoms with van der Waals surface area (Å²) in [6.07, 6.45) is 4.91. The van der Waals surface area contributed by atoms with Gasteiger partial charge in [-0.15, -0.1) is 0 Å². The van der Waals surface area contributed by atoms with E-state index < -0.39 is 0 Å². The molecule has 1 aromatic carbocycles. The average molecular weight is 309 g/mol. The molecular weight excluding hydrogens is 289 g/mol. The molecule has 0 radical (unpaired) electrons. The lowest BCUT2D eigenvalue weighted by Gasteiger charge is -2.11. The molecule has 0 saturated carbocycles. The Labute approximate surface area is 128 Å². The number of benzene rings is 1. The van der Waals surface area contributed by atoms with Crippen molar-refractivity contribution >= 4 is 11.9 Å². The molecule has 114 valence electrons. The van der Waals surface area contributed by atoms with Crippen molar-refractivity contribution in [2.75, 3.05) is 19.7 Å². The number of aryl methyl sites for hydroxylation is 1. The van der Waals surface area contributed by atoms with Crippen molar-refractivity contribution in [1.29, 1.82) is 0 Å². The van der Waals surface area contributed by atoms with E-state index in [4.69, 9.17) is 5.11 Å². The van der Waals surface area contributed by atoms with Crippen LogP contribution in [0.1, 0.15) is 6.42 Å². The number of aromatic nitrogens is 2. The Morgan fingerprint density at radius 2 is 2.14 bits per heavy atom. The minimum Gasteiger partial charge on any atom is -0.396 e. The van der Waals surface area contributed by atoms with Crippen LogP contribution >= 0.6 is 11.9 Å². The third-order valence-corrected chi connectivity index (χ3v) is 4.13. The first-order chi connectivity index (χ1) is 10.2. The Hall–Kier alpha value is -1.37. The number of hydrogen-bond acceptors (Lipinski definition) is 4. The Balaban J connectivity index is 0.000000194. The molecule has 1 fully saturated rings. The van der Waals surface area contributed by atoms with Crippen LogP contribution in [0, 0.1) is 11.7 Å². The van der Waals surface area contributed by atoms with Gasteiger partial charge in [0.1, 0.15) is 10.8 Å². The molecule has 1 N–H and O–H groups in total. The van der Waals surface area contributed by atoms with Crippen molar-refractivity contribution in [1.82, 2.24) is 13.9 Å². The number of nitrogens with zero attached hydrogens (tertiary/aromatic N) is 3. The van der Waals surface area contributed by atoms with E-state index in [0.29, 0.717) is 12.5 Å². The van der Waals surface area contributed by atoms with Crippen molar-refractivity contribution in [3.8, 4) is 0 Å². The van der Waals surface area contributed by atoms with E-state index in [9.17, 15) is 4.39 Å². The molecule has 1 saturated heterocycles. The largest absolute Gasteiger partial charge is 0.396 e. The molecule has 1 aliphatic heterocycles. The zero-order valence-corrected chi connectivity index (χ0v) is 12.8. The van der Waals surface area contributed by atoms with Gasteiger partial charge in [0, 0.05) is 32.9 Å². The highest BCUT2D eigenvalue weighted by molar-refractivity contribution is 7.97. The molecule has 1 atom stereocenters. The molecule has 6 heteroatoms. The summed E-state index contributed by atoms with van der Waals surface area (Å²) in [7, 11) is 1.97. The average Bonchev–Trinajstić information content (AvgIpc) is 3.10. The molecule has 1 aliphatic rings. The quantitative estimate of drug-likeness (QED) is 0.885. The highest BCUT2D eigenvalue weighted by Crippen LogP contribution is 2.27. The van der Waals surface area contributed by atoms with Crippen molar-refractivity contribution in [2.45, 2.75) is 11.4 Å². The highest BCUT2D eigenvalue weighted by Gasteiger charge is 2.22. The summed E-state index contributed by atoms with van der Waals surface area (Å²) in [6, 6.07) is 7.94. The van der Waals surface area contributed by atoms with Crippen molar-refractivity contribution in [3.63, 3.8) is 0 Å².